The number of carboxylic acid groups (broad SMARTS) is 1. The van der Waals surface area contributed by atoms with E-state index in [0.717, 1.165) is 23.8 Å². The highest BCUT2D eigenvalue weighted by Crippen LogP contribution is 2.41. The predicted molar refractivity (Wildman–Crippen MR) is 188 cm³/mol. The standard InChI is InChI=1S/C35H43BrF2N6O7/c1-35(2,3)32(28-13-22(24-14-23(37)9-10-25(24)38)19-43(28)18-21-7-5-4-6-8-21)44(31(48)20-45)12-11-26(39)33(49)42-27(34(50)51)16-40-30(47)17-41-29(46)15-36/h4-10,13-14,19,26-27,32,45H,11-12,15-18,20,39H2,1-3H3,(H,40,47)(H,41,46)(H,42,49)(H,50,51)/t26-,27?,32?/m0/s1. The first-order valence-electron chi connectivity index (χ1n) is 16.0. The third-order valence-corrected chi connectivity index (χ3v) is 8.45. The number of aliphatic hydroxyl groups is 1. The summed E-state index contributed by atoms with van der Waals surface area (Å²) in [5.41, 5.74) is 7.26. The van der Waals surface area contributed by atoms with E-state index in [4.69, 9.17) is 5.73 Å². The number of nitrogens with two attached hydrogens (primary N) is 1. The number of hydrogen-bond acceptors (Lipinski definition) is 7. The van der Waals surface area contributed by atoms with Gasteiger partial charge < -0.3 is 41.4 Å². The molecule has 276 valence electrons. The van der Waals surface area contributed by atoms with E-state index < -0.39 is 84.5 Å². The van der Waals surface area contributed by atoms with Crippen molar-refractivity contribution in [2.75, 3.05) is 31.6 Å². The molecule has 0 aliphatic heterocycles. The molecule has 0 fully saturated rings. The van der Waals surface area contributed by atoms with Crippen LogP contribution in [0, 0.1) is 17.0 Å². The fraction of sp³-hybridized carbons (Fsp3) is 0.400. The van der Waals surface area contributed by atoms with Gasteiger partial charge in [-0.15, -0.1) is 0 Å². The van der Waals surface area contributed by atoms with Crippen LogP contribution in [0.5, 0.6) is 0 Å². The number of carboxylic acids is 1. The Bertz CT molecular complexity index is 1700. The Balaban J connectivity index is 1.90. The molecule has 1 aromatic heterocycles. The van der Waals surface area contributed by atoms with Gasteiger partial charge in [-0.1, -0.05) is 67.0 Å². The predicted octanol–water partition coefficient (Wildman–Crippen LogP) is 2.30. The lowest BCUT2D eigenvalue weighted by Crippen LogP contribution is -2.54. The lowest BCUT2D eigenvalue weighted by Gasteiger charge is -2.41. The smallest absolute Gasteiger partial charge is 0.328 e. The summed E-state index contributed by atoms with van der Waals surface area (Å²) in [4.78, 5) is 63.0. The number of aliphatic carboxylic acids is 1. The Kier molecular flexibility index (Phi) is 14.8. The molecule has 0 bridgehead atoms. The van der Waals surface area contributed by atoms with Gasteiger partial charge in [-0.3, -0.25) is 19.2 Å². The molecule has 16 heteroatoms. The second-order valence-electron chi connectivity index (χ2n) is 12.9. The highest BCUT2D eigenvalue weighted by molar-refractivity contribution is 9.09. The molecule has 2 unspecified atom stereocenters. The van der Waals surface area contributed by atoms with Gasteiger partial charge in [0, 0.05) is 42.7 Å². The first-order valence-corrected chi connectivity index (χ1v) is 17.2. The maximum absolute atomic E-state index is 15.0. The van der Waals surface area contributed by atoms with E-state index in [2.05, 4.69) is 31.9 Å². The number of halogens is 3. The molecule has 3 rings (SSSR count). The van der Waals surface area contributed by atoms with Gasteiger partial charge in [0.15, 0.2) is 0 Å². The summed E-state index contributed by atoms with van der Waals surface area (Å²) in [6, 6.07) is 10.5. The van der Waals surface area contributed by atoms with Crippen molar-refractivity contribution in [1.29, 1.82) is 0 Å². The molecule has 1 heterocycles. The van der Waals surface area contributed by atoms with Gasteiger partial charge >= 0.3 is 5.97 Å². The monoisotopic (exact) mass is 776 g/mol. The third kappa shape index (κ3) is 11.7. The second-order valence-corrected chi connectivity index (χ2v) is 13.5. The lowest BCUT2D eigenvalue weighted by atomic mass is 9.82. The zero-order valence-corrected chi connectivity index (χ0v) is 30.1. The highest BCUT2D eigenvalue weighted by Gasteiger charge is 2.37. The van der Waals surface area contributed by atoms with Crippen molar-refractivity contribution in [3.05, 3.63) is 83.7 Å². The van der Waals surface area contributed by atoms with Crippen molar-refractivity contribution in [2.45, 2.75) is 51.9 Å². The number of rotatable bonds is 17. The van der Waals surface area contributed by atoms with Crippen LogP contribution in [0.15, 0.2) is 60.8 Å². The quantitative estimate of drug-likeness (QED) is 0.112. The van der Waals surface area contributed by atoms with Crippen molar-refractivity contribution in [2.24, 2.45) is 11.1 Å². The Labute approximate surface area is 302 Å². The molecule has 4 amide bonds. The van der Waals surface area contributed by atoms with E-state index in [1.807, 2.05) is 55.7 Å². The average molecular weight is 778 g/mol. The molecule has 0 aliphatic rings. The summed E-state index contributed by atoms with van der Waals surface area (Å²) in [7, 11) is 0. The molecule has 3 atom stereocenters. The van der Waals surface area contributed by atoms with Crippen molar-refractivity contribution in [3.63, 3.8) is 0 Å². The lowest BCUT2D eigenvalue weighted by molar-refractivity contribution is -0.142. The highest BCUT2D eigenvalue weighted by atomic mass is 79.9. The molecule has 7 N–H and O–H groups in total. The topological polar surface area (TPSA) is 196 Å². The Hall–Kier alpha value is -4.67. The number of amides is 4. The summed E-state index contributed by atoms with van der Waals surface area (Å²) in [6.07, 6.45) is 1.51. The van der Waals surface area contributed by atoms with E-state index in [9.17, 15) is 43.0 Å². The van der Waals surface area contributed by atoms with Gasteiger partial charge in [0.25, 0.3) is 0 Å². The number of nitrogens with zero attached hydrogens (tertiary/aromatic N) is 2. The van der Waals surface area contributed by atoms with Crippen LogP contribution in [0.4, 0.5) is 8.78 Å². The number of aliphatic hydroxyl groups excluding tert-OH is 1. The van der Waals surface area contributed by atoms with Gasteiger partial charge in [-0.05, 0) is 41.7 Å². The zero-order chi connectivity index (χ0) is 37.9. The normalized spacial score (nSPS) is 13.1. The zero-order valence-electron chi connectivity index (χ0n) is 28.5. The van der Waals surface area contributed by atoms with Crippen molar-refractivity contribution in [1.82, 2.24) is 25.4 Å². The average Bonchev–Trinajstić information content (AvgIpc) is 3.49. The molecular formula is C35H43BrF2N6O7. The van der Waals surface area contributed by atoms with Gasteiger partial charge in [-0.2, -0.15) is 0 Å². The van der Waals surface area contributed by atoms with Crippen LogP contribution in [0.25, 0.3) is 11.1 Å². The van der Waals surface area contributed by atoms with Crippen molar-refractivity contribution in [3.8, 4) is 11.1 Å². The fourth-order valence-electron chi connectivity index (χ4n) is 5.49. The van der Waals surface area contributed by atoms with E-state index in [1.165, 1.54) is 4.90 Å². The van der Waals surface area contributed by atoms with Crippen LogP contribution in [-0.2, 0) is 30.5 Å². The van der Waals surface area contributed by atoms with E-state index in [0.29, 0.717) is 17.8 Å². The maximum Gasteiger partial charge on any atom is 0.328 e. The van der Waals surface area contributed by atoms with Crippen LogP contribution >= 0.6 is 15.9 Å². The van der Waals surface area contributed by atoms with Gasteiger partial charge in [0.1, 0.15) is 24.3 Å². The van der Waals surface area contributed by atoms with E-state index in [1.54, 1.807) is 12.3 Å². The summed E-state index contributed by atoms with van der Waals surface area (Å²) in [5.74, 6) is -5.42. The number of aromatic nitrogens is 1. The fourth-order valence-corrected chi connectivity index (χ4v) is 5.69. The number of carbonyl (C=O) groups is 5. The van der Waals surface area contributed by atoms with Gasteiger partial charge in [0.05, 0.1) is 24.0 Å². The van der Waals surface area contributed by atoms with Crippen LogP contribution < -0.4 is 21.7 Å². The summed E-state index contributed by atoms with van der Waals surface area (Å²) < 4.78 is 31.1. The SMILES string of the molecule is CC(C)(C)C(c1cc(-c2cc(F)ccc2F)cn1Cc1ccccc1)N(CC[C@H](N)C(=O)NC(CNC(=O)CNC(=O)CBr)C(=O)O)C(=O)CO. The van der Waals surface area contributed by atoms with E-state index in [-0.39, 0.29) is 23.9 Å². The molecule has 3 aromatic rings. The van der Waals surface area contributed by atoms with Gasteiger partial charge in [-0.25, -0.2) is 13.6 Å². The number of alkyl halides is 1. The van der Waals surface area contributed by atoms with Crippen LogP contribution in [0.3, 0.4) is 0 Å². The number of nitrogens with one attached hydrogen (secondary N) is 3. The van der Waals surface area contributed by atoms with Crippen molar-refractivity contribution < 1.29 is 43.0 Å². The molecule has 0 aliphatic carbocycles. The van der Waals surface area contributed by atoms with E-state index >= 15 is 0 Å². The molecule has 0 spiro atoms. The largest absolute Gasteiger partial charge is 0.480 e. The van der Waals surface area contributed by atoms with Gasteiger partial charge in [0.2, 0.25) is 23.6 Å². The Morgan fingerprint density at radius 1 is 1.00 bits per heavy atom. The minimum Gasteiger partial charge on any atom is -0.480 e. The van der Waals surface area contributed by atoms with Crippen LogP contribution in [0.2, 0.25) is 0 Å². The van der Waals surface area contributed by atoms with Crippen molar-refractivity contribution >= 4 is 45.5 Å². The first-order chi connectivity index (χ1) is 24.0. The summed E-state index contributed by atoms with van der Waals surface area (Å²) in [6.45, 7) is 3.96. The summed E-state index contributed by atoms with van der Waals surface area (Å²) >= 11 is 2.94. The molecule has 0 saturated carbocycles. The first kappa shape index (κ1) is 40.8. The molecule has 13 nitrogen and oxygen atoms in total. The molecule has 51 heavy (non-hydrogen) atoms. The molecular weight excluding hydrogens is 734 g/mol. The Morgan fingerprint density at radius 3 is 2.29 bits per heavy atom. The van der Waals surface area contributed by atoms with Crippen LogP contribution in [-0.4, -0.2) is 92.9 Å². The minimum atomic E-state index is -1.56. The maximum atomic E-state index is 15.0. The van der Waals surface area contributed by atoms with Crippen LogP contribution in [0.1, 0.15) is 44.5 Å². The number of benzene rings is 2. The minimum absolute atomic E-state index is 0.0160. The molecule has 0 radical (unpaired) electrons. The number of carbonyl (C=O) groups excluding carboxylic acids is 4. The summed E-state index contributed by atoms with van der Waals surface area (Å²) in [5, 5.41) is 26.5. The Morgan fingerprint density at radius 2 is 1.69 bits per heavy atom. The second kappa shape index (κ2) is 18.5. The number of hydrogen-bond donors (Lipinski definition) is 6. The molecule has 0 saturated heterocycles. The third-order valence-electron chi connectivity index (χ3n) is 7.94. The molecule has 2 aromatic carbocycles.